The Morgan fingerprint density at radius 1 is 1.12 bits per heavy atom. The molecular weight excluding hydrogens is 459 g/mol. The minimum Gasteiger partial charge on any atom is -0.481 e. The average molecular weight is 484 g/mol. The summed E-state index contributed by atoms with van der Waals surface area (Å²) >= 11 is 1.25. The van der Waals surface area contributed by atoms with Crippen molar-refractivity contribution >= 4 is 34.0 Å². The number of aliphatic carboxylic acids is 1. The number of carbonyl (C=O) groups excluding carboxylic acids is 2. The minimum absolute atomic E-state index is 0.0514. The summed E-state index contributed by atoms with van der Waals surface area (Å²) < 4.78 is 40.9. The van der Waals surface area contributed by atoms with E-state index in [9.17, 15) is 32.7 Å². The monoisotopic (exact) mass is 483 g/mol. The molecule has 6 nitrogen and oxygen atoms in total. The third-order valence-electron chi connectivity index (χ3n) is 5.71. The molecule has 0 unspecified atom stereocenters. The summed E-state index contributed by atoms with van der Waals surface area (Å²) in [5.41, 5.74) is -0.189. The maximum Gasteiger partial charge on any atom is 0.573 e. The van der Waals surface area contributed by atoms with Gasteiger partial charge in [0.15, 0.2) is 5.78 Å². The second kappa shape index (κ2) is 9.94. The Hall–Kier alpha value is -2.88. The van der Waals surface area contributed by atoms with Crippen LogP contribution in [0.5, 0.6) is 5.75 Å². The molecule has 0 radical (unpaired) electrons. The lowest BCUT2D eigenvalue weighted by Crippen LogP contribution is -2.27. The number of carbonyl (C=O) groups is 3. The summed E-state index contributed by atoms with van der Waals surface area (Å²) in [6, 6.07) is 6.24. The van der Waals surface area contributed by atoms with Crippen LogP contribution < -0.4 is 10.1 Å². The standard InChI is InChI=1S/C23H24F3NO5S/c1-2-16-11-17(20(31)14-5-7-15(8-6-14)32-23(24,25)26)21(33-16)27-18(28)12-22(13-19(29)30)9-3-4-10-22/h5-8,11H,2-4,9-10,12-13H2,1H3,(H,27,28)(H,29,30). The van der Waals surface area contributed by atoms with Crippen molar-refractivity contribution in [2.75, 3.05) is 5.32 Å². The molecule has 0 saturated heterocycles. The first-order valence-corrected chi connectivity index (χ1v) is 11.4. The van der Waals surface area contributed by atoms with Crippen molar-refractivity contribution in [1.29, 1.82) is 0 Å². The Labute approximate surface area is 192 Å². The van der Waals surface area contributed by atoms with Crippen molar-refractivity contribution in [3.63, 3.8) is 0 Å². The van der Waals surface area contributed by atoms with Crippen LogP contribution in [-0.4, -0.2) is 29.1 Å². The highest BCUT2D eigenvalue weighted by Gasteiger charge is 2.38. The molecule has 1 aliphatic carbocycles. The van der Waals surface area contributed by atoms with Gasteiger partial charge in [-0.2, -0.15) is 0 Å². The summed E-state index contributed by atoms with van der Waals surface area (Å²) in [7, 11) is 0. The van der Waals surface area contributed by atoms with E-state index in [1.54, 1.807) is 6.07 Å². The fourth-order valence-electron chi connectivity index (χ4n) is 4.21. The van der Waals surface area contributed by atoms with Crippen LogP contribution in [-0.2, 0) is 16.0 Å². The number of amides is 1. The van der Waals surface area contributed by atoms with Crippen LogP contribution in [0.4, 0.5) is 18.2 Å². The van der Waals surface area contributed by atoms with Gasteiger partial charge in [0, 0.05) is 16.9 Å². The fraction of sp³-hybridized carbons (Fsp3) is 0.435. The Bertz CT molecular complexity index is 1020. The summed E-state index contributed by atoms with van der Waals surface area (Å²) in [5, 5.41) is 12.4. The van der Waals surface area contributed by atoms with Crippen molar-refractivity contribution in [3.05, 3.63) is 46.3 Å². The highest BCUT2D eigenvalue weighted by Crippen LogP contribution is 2.44. The maximum atomic E-state index is 13.0. The zero-order chi connectivity index (χ0) is 24.2. The van der Waals surface area contributed by atoms with Gasteiger partial charge >= 0.3 is 12.3 Å². The first-order valence-electron chi connectivity index (χ1n) is 10.6. The second-order valence-corrected chi connectivity index (χ2v) is 9.35. The van der Waals surface area contributed by atoms with E-state index in [-0.39, 0.29) is 29.9 Å². The van der Waals surface area contributed by atoms with Gasteiger partial charge in [0.25, 0.3) is 0 Å². The quantitative estimate of drug-likeness (QED) is 0.440. The number of alkyl halides is 3. The molecular formula is C23H24F3NO5S. The van der Waals surface area contributed by atoms with Crippen molar-refractivity contribution in [3.8, 4) is 5.75 Å². The number of ether oxygens (including phenoxy) is 1. The van der Waals surface area contributed by atoms with E-state index < -0.39 is 29.3 Å². The first kappa shape index (κ1) is 24.8. The summed E-state index contributed by atoms with van der Waals surface area (Å²) in [6.07, 6.45) is -1.16. The molecule has 0 atom stereocenters. The van der Waals surface area contributed by atoms with Crippen LogP contribution in [0.3, 0.4) is 0 Å². The number of rotatable bonds is 9. The molecule has 1 saturated carbocycles. The highest BCUT2D eigenvalue weighted by atomic mass is 32.1. The summed E-state index contributed by atoms with van der Waals surface area (Å²) in [4.78, 5) is 38.0. The van der Waals surface area contributed by atoms with Gasteiger partial charge in [-0.15, -0.1) is 24.5 Å². The van der Waals surface area contributed by atoms with E-state index in [4.69, 9.17) is 0 Å². The smallest absolute Gasteiger partial charge is 0.481 e. The number of carboxylic acid groups (broad SMARTS) is 1. The van der Waals surface area contributed by atoms with Crippen LogP contribution in [0.15, 0.2) is 30.3 Å². The molecule has 10 heteroatoms. The molecule has 2 aromatic rings. The van der Waals surface area contributed by atoms with Crippen molar-refractivity contribution in [2.45, 2.75) is 58.2 Å². The van der Waals surface area contributed by atoms with Crippen LogP contribution in [0.25, 0.3) is 0 Å². The molecule has 1 fully saturated rings. The third-order valence-corrected chi connectivity index (χ3v) is 6.90. The number of nitrogens with one attached hydrogen (secondary N) is 1. The van der Waals surface area contributed by atoms with E-state index in [2.05, 4.69) is 10.1 Å². The molecule has 3 rings (SSSR count). The van der Waals surface area contributed by atoms with E-state index >= 15 is 0 Å². The zero-order valence-electron chi connectivity index (χ0n) is 18.0. The van der Waals surface area contributed by atoms with Gasteiger partial charge in [-0.25, -0.2) is 0 Å². The van der Waals surface area contributed by atoms with Gasteiger partial charge in [0.1, 0.15) is 10.8 Å². The van der Waals surface area contributed by atoms with E-state index in [0.29, 0.717) is 24.3 Å². The lowest BCUT2D eigenvalue weighted by atomic mass is 9.79. The predicted molar refractivity (Wildman–Crippen MR) is 117 cm³/mol. The Balaban J connectivity index is 1.78. The normalized spacial score (nSPS) is 15.3. The molecule has 0 spiro atoms. The Kier molecular flexibility index (Phi) is 7.46. The largest absolute Gasteiger partial charge is 0.573 e. The number of hydrogen-bond donors (Lipinski definition) is 2. The molecule has 0 aliphatic heterocycles. The fourth-order valence-corrected chi connectivity index (χ4v) is 5.22. The van der Waals surface area contributed by atoms with E-state index in [0.717, 1.165) is 29.9 Å². The lowest BCUT2D eigenvalue weighted by Gasteiger charge is -2.26. The molecule has 2 N–H and O–H groups in total. The van der Waals surface area contributed by atoms with Crippen LogP contribution >= 0.6 is 11.3 Å². The summed E-state index contributed by atoms with van der Waals surface area (Å²) in [6.45, 7) is 1.90. The van der Waals surface area contributed by atoms with Gasteiger partial charge in [0.2, 0.25) is 5.91 Å². The molecule has 1 aliphatic rings. The number of hydrogen-bond acceptors (Lipinski definition) is 5. The highest BCUT2D eigenvalue weighted by molar-refractivity contribution is 7.16. The van der Waals surface area contributed by atoms with Crippen LogP contribution in [0, 0.1) is 5.41 Å². The zero-order valence-corrected chi connectivity index (χ0v) is 18.8. The van der Waals surface area contributed by atoms with Gasteiger partial charge in [-0.05, 0) is 55.0 Å². The third kappa shape index (κ3) is 6.56. The SMILES string of the molecule is CCc1cc(C(=O)c2ccc(OC(F)(F)F)cc2)c(NC(=O)CC2(CC(=O)O)CCCC2)s1. The number of carboxylic acids is 1. The molecule has 1 aromatic heterocycles. The first-order chi connectivity index (χ1) is 15.5. The average Bonchev–Trinajstić information content (AvgIpc) is 3.33. The lowest BCUT2D eigenvalue weighted by molar-refractivity contribution is -0.274. The van der Waals surface area contributed by atoms with E-state index in [1.165, 1.54) is 23.5 Å². The molecule has 1 heterocycles. The number of anilines is 1. The maximum absolute atomic E-state index is 13.0. The van der Waals surface area contributed by atoms with Crippen LogP contribution in [0.1, 0.15) is 66.2 Å². The van der Waals surface area contributed by atoms with Crippen molar-refractivity contribution in [2.24, 2.45) is 5.41 Å². The number of aryl methyl sites for hydroxylation is 1. The second-order valence-electron chi connectivity index (χ2n) is 8.21. The molecule has 33 heavy (non-hydrogen) atoms. The van der Waals surface area contributed by atoms with Gasteiger partial charge in [-0.1, -0.05) is 19.8 Å². The Morgan fingerprint density at radius 3 is 2.30 bits per heavy atom. The minimum atomic E-state index is -4.83. The van der Waals surface area contributed by atoms with E-state index in [1.807, 2.05) is 6.92 Å². The number of ketones is 1. The number of benzene rings is 1. The number of thiophene rings is 1. The molecule has 1 amide bonds. The van der Waals surface area contributed by atoms with Gasteiger partial charge in [0.05, 0.1) is 12.0 Å². The summed E-state index contributed by atoms with van der Waals surface area (Å²) in [5.74, 6) is -2.18. The molecule has 178 valence electrons. The van der Waals surface area contributed by atoms with Crippen molar-refractivity contribution in [1.82, 2.24) is 0 Å². The van der Waals surface area contributed by atoms with Gasteiger partial charge in [-0.3, -0.25) is 14.4 Å². The molecule has 1 aromatic carbocycles. The van der Waals surface area contributed by atoms with Crippen LogP contribution in [0.2, 0.25) is 0 Å². The Morgan fingerprint density at radius 2 is 1.76 bits per heavy atom. The number of halogens is 3. The predicted octanol–water partition coefficient (Wildman–Crippen LogP) is 5.80. The molecule has 0 bridgehead atoms. The van der Waals surface area contributed by atoms with Gasteiger partial charge < -0.3 is 15.2 Å². The topological polar surface area (TPSA) is 92.7 Å². The van der Waals surface area contributed by atoms with Crippen molar-refractivity contribution < 1.29 is 37.4 Å².